The van der Waals surface area contributed by atoms with Gasteiger partial charge in [0.2, 0.25) is 0 Å². The van der Waals surface area contributed by atoms with Crippen LogP contribution in [0.25, 0.3) is 16.9 Å². The smallest absolute Gasteiger partial charge is 0.272 e. The summed E-state index contributed by atoms with van der Waals surface area (Å²) in [6.07, 6.45) is 0. The normalized spacial score (nSPS) is 13.7. The lowest BCUT2D eigenvalue weighted by molar-refractivity contribution is 0.0737. The molecule has 7 heteroatoms. The van der Waals surface area contributed by atoms with Gasteiger partial charge in [0.15, 0.2) is 0 Å². The van der Waals surface area contributed by atoms with Crippen molar-refractivity contribution in [2.75, 3.05) is 37.7 Å². The third kappa shape index (κ3) is 4.75. The number of hydrogen-bond acceptors (Lipinski definition) is 4. The van der Waals surface area contributed by atoms with E-state index in [1.54, 1.807) is 22.9 Å². The summed E-state index contributed by atoms with van der Waals surface area (Å²) in [7, 11) is 0. The molecule has 35 heavy (non-hydrogen) atoms. The molecule has 0 unspecified atom stereocenters. The molecule has 2 heterocycles. The molecule has 1 amide bonds. The maximum absolute atomic E-state index is 13.7. The number of carbonyl (C=O) groups is 1. The van der Waals surface area contributed by atoms with E-state index in [-0.39, 0.29) is 11.7 Å². The zero-order chi connectivity index (χ0) is 24.2. The molecule has 1 saturated heterocycles. The van der Waals surface area contributed by atoms with Gasteiger partial charge in [-0.25, -0.2) is 9.07 Å². The first-order chi connectivity index (χ1) is 17.1. The van der Waals surface area contributed by atoms with Crippen LogP contribution >= 0.6 is 0 Å². The number of nitrogens with zero attached hydrogens (tertiary/aromatic N) is 4. The summed E-state index contributed by atoms with van der Waals surface area (Å²) in [6, 6.07) is 25.5. The summed E-state index contributed by atoms with van der Waals surface area (Å²) in [6.45, 7) is 5.18. The highest BCUT2D eigenvalue weighted by molar-refractivity contribution is 5.94. The molecule has 3 aromatic carbocycles. The average Bonchev–Trinajstić information content (AvgIpc) is 3.35. The zero-order valence-corrected chi connectivity index (χ0v) is 19.6. The van der Waals surface area contributed by atoms with Crippen molar-refractivity contribution in [1.82, 2.24) is 14.7 Å². The third-order valence-electron chi connectivity index (χ3n) is 6.14. The van der Waals surface area contributed by atoms with Gasteiger partial charge in [0.1, 0.15) is 17.3 Å². The van der Waals surface area contributed by atoms with Crippen LogP contribution in [0.1, 0.15) is 17.4 Å². The molecule has 1 aromatic heterocycles. The fraction of sp³-hybridized carbons (Fsp3) is 0.214. The zero-order valence-electron chi connectivity index (χ0n) is 19.6. The summed E-state index contributed by atoms with van der Waals surface area (Å²) in [5, 5.41) is 4.71. The van der Waals surface area contributed by atoms with E-state index in [0.717, 1.165) is 22.7 Å². The molecule has 0 radical (unpaired) electrons. The van der Waals surface area contributed by atoms with Crippen LogP contribution in [0.2, 0.25) is 0 Å². The van der Waals surface area contributed by atoms with Crippen molar-refractivity contribution in [3.05, 3.63) is 96.4 Å². The topological polar surface area (TPSA) is 50.6 Å². The first-order valence-corrected chi connectivity index (χ1v) is 11.8. The molecule has 0 aliphatic carbocycles. The molecule has 0 saturated carbocycles. The van der Waals surface area contributed by atoms with E-state index in [2.05, 4.69) is 11.0 Å². The van der Waals surface area contributed by atoms with Crippen molar-refractivity contribution in [1.29, 1.82) is 0 Å². The van der Waals surface area contributed by atoms with E-state index < -0.39 is 0 Å². The molecule has 4 aromatic rings. The molecular weight excluding hydrogens is 443 g/mol. The first-order valence-electron chi connectivity index (χ1n) is 11.8. The minimum absolute atomic E-state index is 0.0764. The molecular formula is C28H27FN4O2. The minimum atomic E-state index is -0.309. The Morgan fingerprint density at radius 1 is 0.914 bits per heavy atom. The Morgan fingerprint density at radius 2 is 1.60 bits per heavy atom. The number of halogens is 1. The van der Waals surface area contributed by atoms with Gasteiger partial charge in [0.25, 0.3) is 5.91 Å². The van der Waals surface area contributed by atoms with Crippen LogP contribution in [0.15, 0.2) is 84.9 Å². The molecule has 178 valence electrons. The van der Waals surface area contributed by atoms with E-state index in [9.17, 15) is 9.18 Å². The number of anilines is 1. The first kappa shape index (κ1) is 22.7. The SMILES string of the molecule is CCOc1ccccc1N1CCN(C(=O)c2cc(-c3ccc(F)cc3)nn2-c2ccccc2)CC1. The van der Waals surface area contributed by atoms with Crippen molar-refractivity contribution in [3.63, 3.8) is 0 Å². The number of ether oxygens (including phenoxy) is 1. The Morgan fingerprint density at radius 3 is 2.31 bits per heavy atom. The quantitative estimate of drug-likeness (QED) is 0.396. The highest BCUT2D eigenvalue weighted by Gasteiger charge is 2.27. The highest BCUT2D eigenvalue weighted by atomic mass is 19.1. The van der Waals surface area contributed by atoms with Gasteiger partial charge in [-0.1, -0.05) is 30.3 Å². The Bertz CT molecular complexity index is 1300. The number of aromatic nitrogens is 2. The highest BCUT2D eigenvalue weighted by Crippen LogP contribution is 2.29. The van der Waals surface area contributed by atoms with Gasteiger partial charge >= 0.3 is 0 Å². The molecule has 1 aliphatic rings. The van der Waals surface area contributed by atoms with Crippen LogP contribution < -0.4 is 9.64 Å². The van der Waals surface area contributed by atoms with Crippen molar-refractivity contribution in [2.24, 2.45) is 0 Å². The van der Waals surface area contributed by atoms with Gasteiger partial charge in [-0.2, -0.15) is 5.10 Å². The minimum Gasteiger partial charge on any atom is -0.492 e. The predicted octanol–water partition coefficient (Wildman–Crippen LogP) is 5.04. The number of rotatable bonds is 6. The van der Waals surface area contributed by atoms with E-state index >= 15 is 0 Å². The summed E-state index contributed by atoms with van der Waals surface area (Å²) >= 11 is 0. The van der Waals surface area contributed by atoms with Crippen LogP contribution in [-0.4, -0.2) is 53.4 Å². The summed E-state index contributed by atoms with van der Waals surface area (Å²) in [5.74, 6) is 0.477. The number of hydrogen-bond donors (Lipinski definition) is 0. The second kappa shape index (κ2) is 10.0. The molecule has 0 bridgehead atoms. The number of benzene rings is 3. The standard InChI is InChI=1S/C28H27FN4O2/c1-2-35-27-11-7-6-10-25(27)31-16-18-32(19-17-31)28(34)26-20-24(21-12-14-22(29)15-13-21)30-33(26)23-8-4-3-5-9-23/h3-15,20H,2,16-19H2,1H3. The van der Waals surface area contributed by atoms with E-state index in [1.165, 1.54) is 12.1 Å². The predicted molar refractivity (Wildman–Crippen MR) is 135 cm³/mol. The maximum Gasteiger partial charge on any atom is 0.272 e. The number of carbonyl (C=O) groups excluding carboxylic acids is 1. The van der Waals surface area contributed by atoms with Crippen molar-refractivity contribution >= 4 is 11.6 Å². The van der Waals surface area contributed by atoms with Crippen LogP contribution in [0.4, 0.5) is 10.1 Å². The van der Waals surface area contributed by atoms with Gasteiger partial charge in [-0.3, -0.25) is 4.79 Å². The Labute approximate surface area is 204 Å². The number of amides is 1. The molecule has 5 rings (SSSR count). The van der Waals surface area contributed by atoms with Crippen molar-refractivity contribution in [2.45, 2.75) is 6.92 Å². The Balaban J connectivity index is 1.40. The summed E-state index contributed by atoms with van der Waals surface area (Å²) in [4.78, 5) is 17.8. The summed E-state index contributed by atoms with van der Waals surface area (Å²) < 4.78 is 20.9. The maximum atomic E-state index is 13.7. The van der Waals surface area contributed by atoms with Gasteiger partial charge in [-0.15, -0.1) is 0 Å². The molecule has 0 spiro atoms. The lowest BCUT2D eigenvalue weighted by atomic mass is 10.1. The van der Waals surface area contributed by atoms with Crippen LogP contribution in [0, 0.1) is 5.82 Å². The molecule has 1 fully saturated rings. The fourth-order valence-electron chi connectivity index (χ4n) is 4.37. The van der Waals surface area contributed by atoms with Crippen LogP contribution in [-0.2, 0) is 0 Å². The second-order valence-electron chi connectivity index (χ2n) is 8.35. The van der Waals surface area contributed by atoms with Gasteiger partial charge < -0.3 is 14.5 Å². The number of para-hydroxylation sites is 3. The monoisotopic (exact) mass is 470 g/mol. The van der Waals surface area contributed by atoms with Crippen LogP contribution in [0.5, 0.6) is 5.75 Å². The number of piperazine rings is 1. The van der Waals surface area contributed by atoms with Crippen molar-refractivity contribution in [3.8, 4) is 22.7 Å². The van der Waals surface area contributed by atoms with E-state index in [0.29, 0.717) is 44.2 Å². The van der Waals surface area contributed by atoms with Crippen molar-refractivity contribution < 1.29 is 13.9 Å². The van der Waals surface area contributed by atoms with Gasteiger partial charge in [0.05, 0.1) is 23.7 Å². The second-order valence-corrected chi connectivity index (χ2v) is 8.35. The van der Waals surface area contributed by atoms with Crippen LogP contribution in [0.3, 0.4) is 0 Å². The average molecular weight is 471 g/mol. The fourth-order valence-corrected chi connectivity index (χ4v) is 4.37. The molecule has 0 N–H and O–H groups in total. The lowest BCUT2D eigenvalue weighted by Crippen LogP contribution is -2.49. The third-order valence-corrected chi connectivity index (χ3v) is 6.14. The summed E-state index contributed by atoms with van der Waals surface area (Å²) in [5.41, 5.74) is 3.72. The van der Waals surface area contributed by atoms with E-state index in [4.69, 9.17) is 9.84 Å². The molecule has 1 aliphatic heterocycles. The van der Waals surface area contributed by atoms with Gasteiger partial charge in [0, 0.05) is 31.7 Å². The largest absolute Gasteiger partial charge is 0.492 e. The molecule has 0 atom stereocenters. The van der Waals surface area contributed by atoms with Gasteiger partial charge in [-0.05, 0) is 61.5 Å². The molecule has 6 nitrogen and oxygen atoms in total. The Kier molecular flexibility index (Phi) is 6.48. The van der Waals surface area contributed by atoms with E-state index in [1.807, 2.05) is 60.4 Å². The Hall–Kier alpha value is -4.13. The lowest BCUT2D eigenvalue weighted by Gasteiger charge is -2.36.